The van der Waals surface area contributed by atoms with E-state index in [1.807, 2.05) is 34.6 Å². The Hall–Kier alpha value is -0.280. The number of nitrogens with two attached hydrogens (primary N) is 1. The zero-order valence-corrected chi connectivity index (χ0v) is 10.4. The molecule has 3 nitrogen and oxygen atoms in total. The number of carbonyl (C=O) groups is 1. The monoisotopic (exact) mass is 223 g/mol. The number of hydrogen-bond acceptors (Lipinski definition) is 2. The van der Waals surface area contributed by atoms with Gasteiger partial charge in [-0.25, -0.2) is 0 Å². The van der Waals surface area contributed by atoms with Crippen molar-refractivity contribution in [3.05, 3.63) is 0 Å². The Morgan fingerprint density at radius 1 is 1.43 bits per heavy atom. The van der Waals surface area contributed by atoms with E-state index in [-0.39, 0.29) is 4.87 Å². The van der Waals surface area contributed by atoms with Gasteiger partial charge in [0, 0.05) is 4.87 Å². The number of alkyl halides is 1. The summed E-state index contributed by atoms with van der Waals surface area (Å²) in [5.41, 5.74) is 5.22. The minimum Gasteiger partial charge on any atom is -0.480 e. The molecule has 0 fully saturated rings. The molecule has 0 spiro atoms. The summed E-state index contributed by atoms with van der Waals surface area (Å²) >= 11 is 5.53. The molecule has 4 heteroatoms. The third kappa shape index (κ3) is 22.6. The zero-order valence-electron chi connectivity index (χ0n) is 9.67. The Bertz CT molecular complexity index is 158. The lowest BCUT2D eigenvalue weighted by atomic mass is 10.1. The number of aliphatic carboxylic acids is 1. The molecule has 0 bridgehead atoms. The first-order valence-corrected chi connectivity index (χ1v) is 5.09. The van der Waals surface area contributed by atoms with Crippen LogP contribution in [0.5, 0.6) is 0 Å². The van der Waals surface area contributed by atoms with Gasteiger partial charge in [0.2, 0.25) is 0 Å². The first-order valence-electron chi connectivity index (χ1n) is 4.71. The van der Waals surface area contributed by atoms with Crippen LogP contribution in [0, 0.1) is 5.92 Å². The number of carboxylic acids is 1. The van der Waals surface area contributed by atoms with Crippen molar-refractivity contribution in [2.45, 2.75) is 52.0 Å². The van der Waals surface area contributed by atoms with Crippen LogP contribution in [0.15, 0.2) is 0 Å². The van der Waals surface area contributed by atoms with Crippen LogP contribution in [0.1, 0.15) is 41.0 Å². The molecule has 3 N–H and O–H groups in total. The van der Waals surface area contributed by atoms with Crippen LogP contribution in [0.3, 0.4) is 0 Å². The molecule has 0 aromatic carbocycles. The highest BCUT2D eigenvalue weighted by molar-refractivity contribution is 6.23. The summed E-state index contributed by atoms with van der Waals surface area (Å²) in [7, 11) is 0. The smallest absolute Gasteiger partial charge is 0.320 e. The average molecular weight is 224 g/mol. The fourth-order valence-electron chi connectivity index (χ4n) is 0.609. The zero-order chi connectivity index (χ0) is 11.9. The summed E-state index contributed by atoms with van der Waals surface area (Å²) in [6.07, 6.45) is 0.551. The summed E-state index contributed by atoms with van der Waals surface area (Å²) in [6.45, 7) is 9.75. The minimum atomic E-state index is -0.913. The second kappa shape index (κ2) is 7.07. The number of rotatable bonds is 3. The van der Waals surface area contributed by atoms with Gasteiger partial charge < -0.3 is 10.8 Å². The molecule has 0 rings (SSSR count). The van der Waals surface area contributed by atoms with Crippen LogP contribution >= 0.6 is 11.6 Å². The van der Waals surface area contributed by atoms with Crippen LogP contribution in [0.4, 0.5) is 0 Å². The van der Waals surface area contributed by atoms with E-state index in [0.29, 0.717) is 12.3 Å². The Balaban J connectivity index is 0. The van der Waals surface area contributed by atoms with Crippen LogP contribution in [0.25, 0.3) is 0 Å². The van der Waals surface area contributed by atoms with Gasteiger partial charge in [0.05, 0.1) is 0 Å². The number of halogens is 1. The molecule has 0 aliphatic carbocycles. The first-order chi connectivity index (χ1) is 6.04. The lowest BCUT2D eigenvalue weighted by Crippen LogP contribution is -2.31. The third-order valence-electron chi connectivity index (χ3n) is 1.04. The van der Waals surface area contributed by atoms with E-state index in [9.17, 15) is 4.79 Å². The molecule has 0 amide bonds. The summed E-state index contributed by atoms with van der Waals surface area (Å²) in [5.74, 6) is -0.556. The van der Waals surface area contributed by atoms with Gasteiger partial charge >= 0.3 is 5.97 Å². The molecule has 0 heterocycles. The minimum absolute atomic E-state index is 0.0278. The SMILES string of the molecule is CC(C)(C)Cl.CC(C)C[C@H](N)C(=O)O. The molecule has 1 atom stereocenters. The van der Waals surface area contributed by atoms with Gasteiger partial charge in [-0.2, -0.15) is 0 Å². The normalized spacial score (nSPS) is 13.1. The van der Waals surface area contributed by atoms with Gasteiger partial charge in [-0.15, -0.1) is 11.6 Å². The number of carboxylic acid groups (broad SMARTS) is 1. The maximum Gasteiger partial charge on any atom is 0.320 e. The Kier molecular flexibility index (Phi) is 8.16. The second-order valence-electron chi connectivity index (χ2n) is 4.64. The van der Waals surface area contributed by atoms with E-state index >= 15 is 0 Å². The largest absolute Gasteiger partial charge is 0.480 e. The van der Waals surface area contributed by atoms with Crippen molar-refractivity contribution in [2.24, 2.45) is 11.7 Å². The van der Waals surface area contributed by atoms with E-state index < -0.39 is 12.0 Å². The van der Waals surface area contributed by atoms with Crippen molar-refractivity contribution >= 4 is 17.6 Å². The highest BCUT2D eigenvalue weighted by Gasteiger charge is 2.11. The summed E-state index contributed by atoms with van der Waals surface area (Å²) < 4.78 is 0. The van der Waals surface area contributed by atoms with Crippen molar-refractivity contribution in [3.63, 3.8) is 0 Å². The van der Waals surface area contributed by atoms with Crippen molar-refractivity contribution in [1.82, 2.24) is 0 Å². The lowest BCUT2D eigenvalue weighted by molar-refractivity contribution is -0.138. The summed E-state index contributed by atoms with van der Waals surface area (Å²) in [4.78, 5) is 10.1. The third-order valence-corrected chi connectivity index (χ3v) is 1.04. The molecule has 86 valence electrons. The highest BCUT2D eigenvalue weighted by atomic mass is 35.5. The van der Waals surface area contributed by atoms with Crippen molar-refractivity contribution in [3.8, 4) is 0 Å². The van der Waals surface area contributed by atoms with E-state index in [0.717, 1.165) is 0 Å². The summed E-state index contributed by atoms with van der Waals surface area (Å²) in [5, 5.41) is 8.31. The van der Waals surface area contributed by atoms with E-state index in [1.165, 1.54) is 0 Å². The molecule has 0 saturated heterocycles. The molecule has 0 aliphatic rings. The Morgan fingerprint density at radius 2 is 1.71 bits per heavy atom. The quantitative estimate of drug-likeness (QED) is 0.723. The van der Waals surface area contributed by atoms with Gasteiger partial charge in [0.25, 0.3) is 0 Å². The topological polar surface area (TPSA) is 63.3 Å². The van der Waals surface area contributed by atoms with Crippen LogP contribution in [-0.2, 0) is 4.79 Å². The van der Waals surface area contributed by atoms with Crippen LogP contribution in [0.2, 0.25) is 0 Å². The molecular formula is C10H22ClNO2. The highest BCUT2D eigenvalue weighted by Crippen LogP contribution is 2.08. The average Bonchev–Trinajstić information content (AvgIpc) is 1.80. The van der Waals surface area contributed by atoms with Gasteiger partial charge in [-0.05, 0) is 33.1 Å². The van der Waals surface area contributed by atoms with Crippen molar-refractivity contribution in [1.29, 1.82) is 0 Å². The molecular weight excluding hydrogens is 202 g/mol. The Labute approximate surface area is 91.6 Å². The molecule has 14 heavy (non-hydrogen) atoms. The fraction of sp³-hybridized carbons (Fsp3) is 0.900. The lowest BCUT2D eigenvalue weighted by Gasteiger charge is -2.07. The summed E-state index contributed by atoms with van der Waals surface area (Å²) in [6, 6.07) is -0.690. The maximum atomic E-state index is 10.1. The van der Waals surface area contributed by atoms with E-state index in [1.54, 1.807) is 0 Å². The van der Waals surface area contributed by atoms with E-state index in [2.05, 4.69) is 0 Å². The van der Waals surface area contributed by atoms with Gasteiger partial charge in [-0.3, -0.25) is 4.79 Å². The maximum absolute atomic E-state index is 10.1. The van der Waals surface area contributed by atoms with Crippen LogP contribution in [-0.4, -0.2) is 22.0 Å². The molecule has 0 radical (unpaired) electrons. The predicted octanol–water partition coefficient (Wildman–Crippen LogP) is 2.47. The standard InChI is InChI=1S/C6H13NO2.C4H9Cl/c1-4(2)3-5(7)6(8)9;1-4(2,3)5/h4-5H,3,7H2,1-2H3,(H,8,9);1-3H3/t5-;/m0./s1. The fourth-order valence-corrected chi connectivity index (χ4v) is 0.609. The van der Waals surface area contributed by atoms with Gasteiger partial charge in [-0.1, -0.05) is 13.8 Å². The first kappa shape index (κ1) is 16.2. The van der Waals surface area contributed by atoms with Crippen molar-refractivity contribution in [2.75, 3.05) is 0 Å². The molecule has 0 unspecified atom stereocenters. The van der Waals surface area contributed by atoms with Gasteiger partial charge in [0.1, 0.15) is 6.04 Å². The van der Waals surface area contributed by atoms with Gasteiger partial charge in [0.15, 0.2) is 0 Å². The second-order valence-corrected chi connectivity index (χ2v) is 5.78. The molecule has 0 saturated carbocycles. The van der Waals surface area contributed by atoms with Crippen LogP contribution < -0.4 is 5.73 Å². The van der Waals surface area contributed by atoms with Crippen molar-refractivity contribution < 1.29 is 9.90 Å². The molecule has 0 aliphatic heterocycles. The Morgan fingerprint density at radius 3 is 1.79 bits per heavy atom. The molecule has 0 aromatic heterocycles. The molecule has 0 aromatic rings. The predicted molar refractivity (Wildman–Crippen MR) is 60.7 cm³/mol. The van der Waals surface area contributed by atoms with E-state index in [4.69, 9.17) is 22.4 Å². The number of hydrogen-bond donors (Lipinski definition) is 2.